The van der Waals surface area contributed by atoms with Gasteiger partial charge in [0.05, 0.1) is 5.56 Å². The maximum atomic E-state index is 13.1. The first-order chi connectivity index (χ1) is 14.1. The van der Waals surface area contributed by atoms with E-state index >= 15 is 0 Å². The second kappa shape index (κ2) is 8.27. The standard InChI is InChI=1S/C19H13BrF4N4O2/c1-28-9-15(19(22,23)24)26-17(28)11-4-2-10(3-5-11)16(25)27-30-18(29)13-7-6-12(21)8-14(13)20/h2-9H,1H3,(H2,25,27). The number of hydrogen-bond donors (Lipinski definition) is 1. The summed E-state index contributed by atoms with van der Waals surface area (Å²) in [4.78, 5) is 20.4. The van der Waals surface area contributed by atoms with Gasteiger partial charge < -0.3 is 15.1 Å². The van der Waals surface area contributed by atoms with Crippen molar-refractivity contribution in [2.75, 3.05) is 0 Å². The summed E-state index contributed by atoms with van der Waals surface area (Å²) in [6.45, 7) is 0. The monoisotopic (exact) mass is 484 g/mol. The summed E-state index contributed by atoms with van der Waals surface area (Å²) in [6, 6.07) is 9.44. The Balaban J connectivity index is 1.76. The van der Waals surface area contributed by atoms with Gasteiger partial charge in [-0.15, -0.1) is 0 Å². The fraction of sp³-hybridized carbons (Fsp3) is 0.105. The van der Waals surface area contributed by atoms with E-state index in [4.69, 9.17) is 10.6 Å². The Morgan fingerprint density at radius 3 is 2.43 bits per heavy atom. The number of aryl methyl sites for hydroxylation is 1. The molecule has 2 aromatic carbocycles. The number of amidine groups is 1. The van der Waals surface area contributed by atoms with Crippen LogP contribution >= 0.6 is 15.9 Å². The lowest BCUT2D eigenvalue weighted by atomic mass is 10.1. The van der Waals surface area contributed by atoms with E-state index in [1.165, 1.54) is 41.9 Å². The molecule has 0 saturated carbocycles. The van der Waals surface area contributed by atoms with Crippen LogP contribution in [0.4, 0.5) is 17.6 Å². The van der Waals surface area contributed by atoms with Crippen LogP contribution in [0.25, 0.3) is 11.4 Å². The van der Waals surface area contributed by atoms with Gasteiger partial charge in [-0.05, 0) is 34.1 Å². The molecule has 0 radical (unpaired) electrons. The average molecular weight is 485 g/mol. The molecule has 0 saturated heterocycles. The third-order valence-electron chi connectivity index (χ3n) is 3.98. The largest absolute Gasteiger partial charge is 0.434 e. The Kier molecular flexibility index (Phi) is 5.92. The van der Waals surface area contributed by atoms with Gasteiger partial charge in [-0.25, -0.2) is 14.2 Å². The van der Waals surface area contributed by atoms with Gasteiger partial charge >= 0.3 is 12.1 Å². The topological polar surface area (TPSA) is 82.5 Å². The van der Waals surface area contributed by atoms with E-state index < -0.39 is 23.7 Å². The Bertz CT molecular complexity index is 1120. The molecule has 0 fully saturated rings. The molecule has 3 aromatic rings. The quantitative estimate of drug-likeness (QED) is 0.194. The van der Waals surface area contributed by atoms with Gasteiger partial charge in [0.15, 0.2) is 11.5 Å². The number of nitrogens with zero attached hydrogens (tertiary/aromatic N) is 3. The molecule has 6 nitrogen and oxygen atoms in total. The zero-order valence-corrected chi connectivity index (χ0v) is 16.8. The average Bonchev–Trinajstić information content (AvgIpc) is 3.08. The third kappa shape index (κ3) is 4.67. The molecular weight excluding hydrogens is 472 g/mol. The van der Waals surface area contributed by atoms with Crippen LogP contribution in [-0.2, 0) is 18.1 Å². The van der Waals surface area contributed by atoms with Gasteiger partial charge in [-0.1, -0.05) is 29.4 Å². The van der Waals surface area contributed by atoms with Crippen molar-refractivity contribution in [3.63, 3.8) is 0 Å². The van der Waals surface area contributed by atoms with Crippen LogP contribution in [0.15, 0.2) is 58.3 Å². The molecule has 0 amide bonds. The van der Waals surface area contributed by atoms with Crippen molar-refractivity contribution >= 4 is 27.7 Å². The Morgan fingerprint density at radius 1 is 1.20 bits per heavy atom. The molecule has 0 bridgehead atoms. The predicted molar refractivity (Wildman–Crippen MR) is 104 cm³/mol. The number of carbonyl (C=O) groups is 1. The highest BCUT2D eigenvalue weighted by atomic mass is 79.9. The van der Waals surface area contributed by atoms with E-state index in [0.29, 0.717) is 11.1 Å². The molecule has 156 valence electrons. The van der Waals surface area contributed by atoms with Crippen molar-refractivity contribution < 1.29 is 27.2 Å². The molecule has 0 aliphatic rings. The minimum absolute atomic E-state index is 0.0542. The van der Waals surface area contributed by atoms with Gasteiger partial charge in [0, 0.05) is 28.8 Å². The number of nitrogens with two attached hydrogens (primary N) is 1. The van der Waals surface area contributed by atoms with E-state index in [0.717, 1.165) is 18.3 Å². The molecule has 11 heteroatoms. The van der Waals surface area contributed by atoms with E-state index in [2.05, 4.69) is 26.1 Å². The first kappa shape index (κ1) is 21.5. The number of carbonyl (C=O) groups excluding carboxylic acids is 1. The van der Waals surface area contributed by atoms with Crippen LogP contribution in [0.2, 0.25) is 0 Å². The van der Waals surface area contributed by atoms with Crippen molar-refractivity contribution in [3.05, 3.63) is 75.8 Å². The molecule has 0 aliphatic carbocycles. The first-order valence-electron chi connectivity index (χ1n) is 8.27. The second-order valence-electron chi connectivity index (χ2n) is 6.12. The molecule has 0 aliphatic heterocycles. The first-order valence-corrected chi connectivity index (χ1v) is 9.07. The Morgan fingerprint density at radius 2 is 1.87 bits per heavy atom. The SMILES string of the molecule is Cn1cc(C(F)(F)F)nc1-c1ccc(C(N)=NOC(=O)c2ccc(F)cc2Br)cc1. The van der Waals surface area contributed by atoms with E-state index in [9.17, 15) is 22.4 Å². The van der Waals surface area contributed by atoms with Crippen molar-refractivity contribution in [3.8, 4) is 11.4 Å². The highest BCUT2D eigenvalue weighted by Crippen LogP contribution is 2.30. The summed E-state index contributed by atoms with van der Waals surface area (Å²) >= 11 is 3.05. The smallest absolute Gasteiger partial charge is 0.380 e. The number of oxime groups is 1. The van der Waals surface area contributed by atoms with Gasteiger partial charge in [-0.3, -0.25) is 0 Å². The van der Waals surface area contributed by atoms with Crippen molar-refractivity contribution in [1.82, 2.24) is 9.55 Å². The van der Waals surface area contributed by atoms with E-state index in [1.807, 2.05) is 0 Å². The fourth-order valence-corrected chi connectivity index (χ4v) is 3.02. The highest BCUT2D eigenvalue weighted by Gasteiger charge is 2.34. The van der Waals surface area contributed by atoms with Gasteiger partial charge in [0.1, 0.15) is 11.6 Å². The maximum absolute atomic E-state index is 13.1. The lowest BCUT2D eigenvalue weighted by Gasteiger charge is -2.05. The lowest BCUT2D eigenvalue weighted by Crippen LogP contribution is -2.15. The fourth-order valence-electron chi connectivity index (χ4n) is 2.51. The summed E-state index contributed by atoms with van der Waals surface area (Å²) in [7, 11) is 1.45. The number of benzene rings is 2. The van der Waals surface area contributed by atoms with Crippen LogP contribution in [0.1, 0.15) is 21.6 Å². The third-order valence-corrected chi connectivity index (χ3v) is 4.64. The van der Waals surface area contributed by atoms with Crippen molar-refractivity contribution in [2.24, 2.45) is 17.9 Å². The van der Waals surface area contributed by atoms with E-state index in [1.54, 1.807) is 0 Å². The van der Waals surface area contributed by atoms with Crippen LogP contribution in [0.3, 0.4) is 0 Å². The van der Waals surface area contributed by atoms with Crippen molar-refractivity contribution in [1.29, 1.82) is 0 Å². The normalized spacial score (nSPS) is 12.1. The molecule has 3 rings (SSSR count). The molecule has 0 spiro atoms. The minimum atomic E-state index is -4.55. The Labute approximate surface area is 176 Å². The van der Waals surface area contributed by atoms with Crippen LogP contribution in [0.5, 0.6) is 0 Å². The summed E-state index contributed by atoms with van der Waals surface area (Å²) in [6.07, 6.45) is -3.65. The zero-order chi connectivity index (χ0) is 22.1. The summed E-state index contributed by atoms with van der Waals surface area (Å²) in [5.41, 5.74) is 5.65. The number of alkyl halides is 3. The zero-order valence-electron chi connectivity index (χ0n) is 15.2. The molecule has 0 atom stereocenters. The molecular formula is C19H13BrF4N4O2. The second-order valence-corrected chi connectivity index (χ2v) is 6.97. The maximum Gasteiger partial charge on any atom is 0.434 e. The number of halogens is 5. The number of imidazole rings is 1. The van der Waals surface area contributed by atoms with E-state index in [-0.39, 0.29) is 21.7 Å². The van der Waals surface area contributed by atoms with Gasteiger partial charge in [0.2, 0.25) is 0 Å². The molecule has 30 heavy (non-hydrogen) atoms. The van der Waals surface area contributed by atoms with Gasteiger partial charge in [-0.2, -0.15) is 13.2 Å². The Hall–Kier alpha value is -3.21. The predicted octanol–water partition coefficient (Wildman–Crippen LogP) is 4.48. The molecule has 1 aromatic heterocycles. The molecule has 1 heterocycles. The number of rotatable bonds is 4. The number of aromatic nitrogens is 2. The molecule has 0 unspecified atom stereocenters. The summed E-state index contributed by atoms with van der Waals surface area (Å²) in [5, 5.41) is 3.55. The highest BCUT2D eigenvalue weighted by molar-refractivity contribution is 9.10. The van der Waals surface area contributed by atoms with Crippen LogP contribution in [0, 0.1) is 5.82 Å². The number of hydrogen-bond acceptors (Lipinski definition) is 4. The van der Waals surface area contributed by atoms with Crippen LogP contribution in [-0.4, -0.2) is 21.4 Å². The van der Waals surface area contributed by atoms with Gasteiger partial charge in [0.25, 0.3) is 0 Å². The molecule has 2 N–H and O–H groups in total. The van der Waals surface area contributed by atoms with Crippen molar-refractivity contribution in [2.45, 2.75) is 6.18 Å². The lowest BCUT2D eigenvalue weighted by molar-refractivity contribution is -0.140. The summed E-state index contributed by atoms with van der Waals surface area (Å²) < 4.78 is 53.0. The minimum Gasteiger partial charge on any atom is -0.380 e. The van der Waals surface area contributed by atoms with Crippen LogP contribution < -0.4 is 5.73 Å². The summed E-state index contributed by atoms with van der Waals surface area (Å²) in [5.74, 6) is -1.40.